The quantitative estimate of drug-likeness (QED) is 0.287. The number of aliphatic imine (C=N–C) groups is 1. The van der Waals surface area contributed by atoms with Crippen molar-refractivity contribution in [2.45, 2.75) is 26.3 Å². The van der Waals surface area contributed by atoms with Crippen molar-refractivity contribution in [3.63, 3.8) is 0 Å². The Bertz CT molecular complexity index is 828. The molecule has 9 heteroatoms. The number of hydrogen-bond donors (Lipinski definition) is 1. The predicted molar refractivity (Wildman–Crippen MR) is 120 cm³/mol. The molecular formula is C20H27FIN5O2. The number of carbonyl (C=O) groups excluding carboxylic acids is 1. The Kier molecular flexibility index (Phi) is 8.87. The average molecular weight is 515 g/mol. The number of nitrogens with one attached hydrogen (secondary N) is 1. The lowest BCUT2D eigenvalue weighted by molar-refractivity contribution is -0.149. The van der Waals surface area contributed by atoms with Crippen LogP contribution in [-0.4, -0.2) is 53.1 Å². The Balaban J connectivity index is 0.00000300. The fraction of sp³-hybridized carbons (Fsp3) is 0.450. The molecule has 1 aromatic carbocycles. The SMILES string of the molecule is CCOC(=O)C1CCCN(C(=NC)NCc2ccc(-n3ccnc3)c(F)c2)C1.I. The Morgan fingerprint density at radius 2 is 2.28 bits per heavy atom. The van der Waals surface area contributed by atoms with E-state index in [9.17, 15) is 9.18 Å². The normalized spacial score (nSPS) is 16.9. The maximum Gasteiger partial charge on any atom is 0.310 e. The van der Waals surface area contributed by atoms with Crippen LogP contribution >= 0.6 is 24.0 Å². The number of halogens is 2. The number of piperidine rings is 1. The molecule has 0 spiro atoms. The van der Waals surface area contributed by atoms with Crippen LogP contribution < -0.4 is 5.32 Å². The lowest BCUT2D eigenvalue weighted by Crippen LogP contribution is -2.48. The standard InChI is InChI=1S/C20H26FN5O2.HI/c1-3-28-19(27)16-5-4-9-25(13-16)20(22-2)24-12-15-6-7-18(17(21)11-15)26-10-8-23-14-26;/h6-8,10-11,14,16H,3-5,9,12-13H2,1-2H3,(H,22,24);1H. The third-order valence-electron chi connectivity index (χ3n) is 4.80. The second kappa shape index (κ2) is 11.1. The average Bonchev–Trinajstić information content (AvgIpc) is 3.23. The summed E-state index contributed by atoms with van der Waals surface area (Å²) in [5.41, 5.74) is 1.26. The third-order valence-corrected chi connectivity index (χ3v) is 4.80. The van der Waals surface area contributed by atoms with E-state index in [0.29, 0.717) is 31.3 Å². The molecule has 0 amide bonds. The highest BCUT2D eigenvalue weighted by atomic mass is 127. The molecule has 0 radical (unpaired) electrons. The smallest absolute Gasteiger partial charge is 0.310 e. The molecule has 1 atom stereocenters. The van der Waals surface area contributed by atoms with Crippen molar-refractivity contribution in [3.05, 3.63) is 48.3 Å². The molecule has 1 aliphatic rings. The molecule has 1 N–H and O–H groups in total. The molecule has 1 fully saturated rings. The number of imidazole rings is 1. The van der Waals surface area contributed by atoms with Gasteiger partial charge in [0.2, 0.25) is 0 Å². The number of carbonyl (C=O) groups is 1. The summed E-state index contributed by atoms with van der Waals surface area (Å²) in [5, 5.41) is 3.27. The molecule has 2 aromatic rings. The maximum atomic E-state index is 14.4. The van der Waals surface area contributed by atoms with E-state index >= 15 is 0 Å². The van der Waals surface area contributed by atoms with Gasteiger partial charge in [-0.3, -0.25) is 9.79 Å². The summed E-state index contributed by atoms with van der Waals surface area (Å²) in [7, 11) is 1.71. The Hall–Kier alpha value is -2.17. The number of benzene rings is 1. The molecule has 1 saturated heterocycles. The zero-order chi connectivity index (χ0) is 19.9. The molecule has 1 unspecified atom stereocenters. The molecule has 0 aliphatic carbocycles. The van der Waals surface area contributed by atoms with Gasteiger partial charge in [0, 0.05) is 39.1 Å². The monoisotopic (exact) mass is 515 g/mol. The molecule has 29 heavy (non-hydrogen) atoms. The summed E-state index contributed by atoms with van der Waals surface area (Å²) in [4.78, 5) is 22.4. The molecule has 0 saturated carbocycles. The van der Waals surface area contributed by atoms with Crippen LogP contribution in [0.15, 0.2) is 41.9 Å². The number of guanidine groups is 1. The van der Waals surface area contributed by atoms with Crippen LogP contribution in [0.3, 0.4) is 0 Å². The highest BCUT2D eigenvalue weighted by Crippen LogP contribution is 2.19. The van der Waals surface area contributed by atoms with Crippen LogP contribution in [0.25, 0.3) is 5.69 Å². The first kappa shape index (κ1) is 23.1. The van der Waals surface area contributed by atoms with Gasteiger partial charge in [0.05, 0.1) is 24.5 Å². The predicted octanol–water partition coefficient (Wildman–Crippen LogP) is 2.98. The van der Waals surface area contributed by atoms with Crippen molar-refractivity contribution < 1.29 is 13.9 Å². The topological polar surface area (TPSA) is 71.8 Å². The zero-order valence-electron chi connectivity index (χ0n) is 16.7. The van der Waals surface area contributed by atoms with Crippen molar-refractivity contribution >= 4 is 35.9 Å². The number of esters is 1. The van der Waals surface area contributed by atoms with E-state index in [1.165, 1.54) is 6.07 Å². The van der Waals surface area contributed by atoms with Crippen molar-refractivity contribution in [1.82, 2.24) is 19.8 Å². The molecule has 0 bridgehead atoms. The highest BCUT2D eigenvalue weighted by Gasteiger charge is 2.28. The Morgan fingerprint density at radius 1 is 1.45 bits per heavy atom. The molecule has 158 valence electrons. The van der Waals surface area contributed by atoms with Gasteiger partial charge in [0.25, 0.3) is 0 Å². The Morgan fingerprint density at radius 3 is 2.93 bits per heavy atom. The van der Waals surface area contributed by atoms with Gasteiger partial charge >= 0.3 is 5.97 Å². The number of likely N-dealkylation sites (tertiary alicyclic amines) is 1. The second-order valence-electron chi connectivity index (χ2n) is 6.69. The minimum Gasteiger partial charge on any atom is -0.466 e. The summed E-state index contributed by atoms with van der Waals surface area (Å²) in [6, 6.07) is 5.11. The van der Waals surface area contributed by atoms with Gasteiger partial charge < -0.3 is 19.5 Å². The maximum absolute atomic E-state index is 14.4. The van der Waals surface area contributed by atoms with Crippen LogP contribution in [0.4, 0.5) is 4.39 Å². The molecule has 2 heterocycles. The number of rotatable bonds is 5. The lowest BCUT2D eigenvalue weighted by atomic mass is 9.98. The first-order valence-electron chi connectivity index (χ1n) is 9.51. The van der Waals surface area contributed by atoms with Crippen LogP contribution in [0.2, 0.25) is 0 Å². The summed E-state index contributed by atoms with van der Waals surface area (Å²) in [5.74, 6) is 0.0969. The second-order valence-corrected chi connectivity index (χ2v) is 6.69. The van der Waals surface area contributed by atoms with Crippen LogP contribution in [-0.2, 0) is 16.1 Å². The number of ether oxygens (including phenoxy) is 1. The van der Waals surface area contributed by atoms with Crippen molar-refractivity contribution in [3.8, 4) is 5.69 Å². The van der Waals surface area contributed by atoms with Gasteiger partial charge in [-0.1, -0.05) is 6.07 Å². The van der Waals surface area contributed by atoms with E-state index in [0.717, 1.165) is 24.9 Å². The van der Waals surface area contributed by atoms with Crippen LogP contribution in [0, 0.1) is 11.7 Å². The Labute approximate surface area is 187 Å². The molecule has 1 aromatic heterocycles. The third kappa shape index (κ3) is 5.91. The molecular weight excluding hydrogens is 488 g/mol. The number of aromatic nitrogens is 2. The van der Waals surface area contributed by atoms with E-state index in [1.54, 1.807) is 36.4 Å². The van der Waals surface area contributed by atoms with E-state index in [-0.39, 0.29) is 41.7 Å². The molecule has 7 nitrogen and oxygen atoms in total. The molecule has 1 aliphatic heterocycles. The highest BCUT2D eigenvalue weighted by molar-refractivity contribution is 14.0. The van der Waals surface area contributed by atoms with Crippen molar-refractivity contribution in [1.29, 1.82) is 0 Å². The van der Waals surface area contributed by atoms with E-state index < -0.39 is 0 Å². The van der Waals surface area contributed by atoms with Gasteiger partial charge in [-0.05, 0) is 37.5 Å². The summed E-state index contributed by atoms with van der Waals surface area (Å²) < 4.78 is 21.2. The van der Waals surface area contributed by atoms with E-state index in [2.05, 4.69) is 20.2 Å². The summed E-state index contributed by atoms with van der Waals surface area (Å²) in [6.07, 6.45) is 6.61. The first-order chi connectivity index (χ1) is 13.6. The van der Waals surface area contributed by atoms with Crippen molar-refractivity contribution in [2.75, 3.05) is 26.7 Å². The van der Waals surface area contributed by atoms with Crippen LogP contribution in [0.1, 0.15) is 25.3 Å². The van der Waals surface area contributed by atoms with Crippen molar-refractivity contribution in [2.24, 2.45) is 10.9 Å². The minimum absolute atomic E-state index is 0. The summed E-state index contributed by atoms with van der Waals surface area (Å²) >= 11 is 0. The van der Waals surface area contributed by atoms with Gasteiger partial charge in [-0.25, -0.2) is 9.37 Å². The lowest BCUT2D eigenvalue weighted by Gasteiger charge is -2.34. The molecule has 3 rings (SSSR count). The first-order valence-corrected chi connectivity index (χ1v) is 9.51. The fourth-order valence-electron chi connectivity index (χ4n) is 3.41. The van der Waals surface area contributed by atoms with Gasteiger partial charge in [0.15, 0.2) is 5.96 Å². The van der Waals surface area contributed by atoms with Gasteiger partial charge in [0.1, 0.15) is 5.82 Å². The van der Waals surface area contributed by atoms with E-state index in [4.69, 9.17) is 4.74 Å². The van der Waals surface area contributed by atoms with Gasteiger partial charge in [-0.15, -0.1) is 24.0 Å². The number of hydrogen-bond acceptors (Lipinski definition) is 4. The fourth-order valence-corrected chi connectivity index (χ4v) is 3.41. The zero-order valence-corrected chi connectivity index (χ0v) is 19.0. The van der Waals surface area contributed by atoms with Crippen LogP contribution in [0.5, 0.6) is 0 Å². The minimum atomic E-state index is -0.312. The van der Waals surface area contributed by atoms with Gasteiger partial charge in [-0.2, -0.15) is 0 Å². The summed E-state index contributed by atoms with van der Waals surface area (Å²) in [6.45, 7) is 4.05. The largest absolute Gasteiger partial charge is 0.466 e. The van der Waals surface area contributed by atoms with E-state index in [1.807, 2.05) is 13.0 Å². The number of nitrogens with zero attached hydrogens (tertiary/aromatic N) is 4.